The maximum atomic E-state index is 12.8. The number of phosphoric acid groups is 1. The van der Waals surface area contributed by atoms with E-state index in [2.05, 4.69) is 31.3 Å². The van der Waals surface area contributed by atoms with Gasteiger partial charge < -0.3 is 28.8 Å². The van der Waals surface area contributed by atoms with Gasteiger partial charge in [-0.3, -0.25) is 9.36 Å². The van der Waals surface area contributed by atoms with Gasteiger partial charge in [0.05, 0.1) is 39.9 Å². The number of rotatable bonds is 39. The molecule has 0 aromatic carbocycles. The zero-order valence-corrected chi connectivity index (χ0v) is 35.7. The summed E-state index contributed by atoms with van der Waals surface area (Å²) in [4.78, 5) is 25.2. The van der Waals surface area contributed by atoms with E-state index in [0.717, 1.165) is 51.4 Å². The van der Waals surface area contributed by atoms with E-state index in [-0.39, 0.29) is 19.1 Å². The molecule has 0 aliphatic heterocycles. The summed E-state index contributed by atoms with van der Waals surface area (Å²) < 4.78 is 23.2. The lowest BCUT2D eigenvalue weighted by molar-refractivity contribution is -0.870. The number of nitrogens with zero attached hydrogens (tertiary/aromatic N) is 1. The molecule has 9 heteroatoms. The van der Waals surface area contributed by atoms with E-state index < -0.39 is 20.0 Å². The molecule has 0 spiro atoms. The third kappa shape index (κ3) is 37.3. The van der Waals surface area contributed by atoms with Crippen LogP contribution in [0.25, 0.3) is 0 Å². The molecule has 3 atom stereocenters. The molecule has 2 N–H and O–H groups in total. The molecule has 52 heavy (non-hydrogen) atoms. The van der Waals surface area contributed by atoms with Gasteiger partial charge in [-0.25, -0.2) is 0 Å². The zero-order valence-electron chi connectivity index (χ0n) is 34.8. The third-order valence-corrected chi connectivity index (χ3v) is 10.6. The van der Waals surface area contributed by atoms with Gasteiger partial charge in [-0.1, -0.05) is 167 Å². The Morgan fingerprint density at radius 2 is 1.06 bits per heavy atom. The second-order valence-electron chi connectivity index (χ2n) is 16.0. The lowest BCUT2D eigenvalue weighted by Gasteiger charge is -2.29. The predicted molar refractivity (Wildman–Crippen MR) is 219 cm³/mol. The van der Waals surface area contributed by atoms with Gasteiger partial charge in [0.1, 0.15) is 13.2 Å². The van der Waals surface area contributed by atoms with E-state index in [4.69, 9.17) is 9.05 Å². The molecular weight excluding hydrogens is 671 g/mol. The first kappa shape index (κ1) is 51.0. The molecule has 0 heterocycles. The van der Waals surface area contributed by atoms with Gasteiger partial charge >= 0.3 is 0 Å². The summed E-state index contributed by atoms with van der Waals surface area (Å²) in [6, 6.07) is -0.886. The van der Waals surface area contributed by atoms with Gasteiger partial charge in [0.25, 0.3) is 7.82 Å². The van der Waals surface area contributed by atoms with Crippen molar-refractivity contribution in [3.8, 4) is 0 Å². The Morgan fingerprint density at radius 3 is 1.54 bits per heavy atom. The van der Waals surface area contributed by atoms with Gasteiger partial charge in [-0.05, 0) is 44.9 Å². The molecule has 0 fully saturated rings. The number of aliphatic hydroxyl groups excluding tert-OH is 1. The molecule has 0 saturated heterocycles. The number of likely N-dealkylation sites (N-methyl/N-ethyl adjacent to an activating group) is 1. The highest BCUT2D eigenvalue weighted by Gasteiger charge is 2.23. The summed E-state index contributed by atoms with van der Waals surface area (Å²) >= 11 is 0. The van der Waals surface area contributed by atoms with Crippen molar-refractivity contribution < 1.29 is 32.9 Å². The number of allylic oxidation sites excluding steroid dienone is 3. The Kier molecular flexibility index (Phi) is 35.0. The maximum Gasteiger partial charge on any atom is 0.268 e. The third-order valence-electron chi connectivity index (χ3n) is 9.66. The SMILES string of the molecule is CCCCC/C=C\CCCCCCCC(=O)NC(COP(=O)([O-])OCC[N+](C)(C)C)C(O)/C=C/CCCCCCCCCCCCCCCCCC. The van der Waals surface area contributed by atoms with Crippen LogP contribution in [0, 0.1) is 0 Å². The Labute approximate surface area is 322 Å². The lowest BCUT2D eigenvalue weighted by atomic mass is 10.0. The number of hydrogen-bond acceptors (Lipinski definition) is 6. The Hall–Kier alpha value is -1.02. The summed E-state index contributed by atoms with van der Waals surface area (Å²) in [7, 11) is 1.26. The second-order valence-corrected chi connectivity index (χ2v) is 17.5. The van der Waals surface area contributed by atoms with Crippen LogP contribution in [0.5, 0.6) is 0 Å². The molecule has 0 aromatic rings. The molecule has 0 saturated carbocycles. The van der Waals surface area contributed by atoms with Gasteiger partial charge in [0.15, 0.2) is 0 Å². The average molecular weight is 757 g/mol. The van der Waals surface area contributed by atoms with E-state index >= 15 is 0 Å². The fourth-order valence-electron chi connectivity index (χ4n) is 6.15. The highest BCUT2D eigenvalue weighted by atomic mass is 31.2. The Morgan fingerprint density at radius 1 is 0.654 bits per heavy atom. The molecule has 3 unspecified atom stereocenters. The largest absolute Gasteiger partial charge is 0.756 e. The fraction of sp³-hybridized carbons (Fsp3) is 0.884. The Balaban J connectivity index is 4.43. The summed E-state index contributed by atoms with van der Waals surface area (Å²) in [5, 5.41) is 13.7. The number of amides is 1. The van der Waals surface area contributed by atoms with Crippen LogP contribution in [0.2, 0.25) is 0 Å². The van der Waals surface area contributed by atoms with Crippen molar-refractivity contribution in [3.05, 3.63) is 24.3 Å². The Bertz CT molecular complexity index is 907. The average Bonchev–Trinajstić information content (AvgIpc) is 3.09. The van der Waals surface area contributed by atoms with Crippen LogP contribution in [-0.4, -0.2) is 68.5 Å². The van der Waals surface area contributed by atoms with E-state index in [1.807, 2.05) is 27.2 Å². The van der Waals surface area contributed by atoms with Crippen LogP contribution in [-0.2, 0) is 18.4 Å². The lowest BCUT2D eigenvalue weighted by Crippen LogP contribution is -2.45. The molecule has 0 rings (SSSR count). The number of hydrogen-bond donors (Lipinski definition) is 2. The summed E-state index contributed by atoms with van der Waals surface area (Å²) in [5.74, 6) is -0.208. The molecule has 0 aliphatic carbocycles. The van der Waals surface area contributed by atoms with Crippen LogP contribution in [0.3, 0.4) is 0 Å². The maximum absolute atomic E-state index is 12.8. The topological polar surface area (TPSA) is 108 Å². The molecule has 0 radical (unpaired) electrons. The standard InChI is InChI=1S/C43H85N2O6P/c1-6-8-10-12-14-16-18-20-21-22-23-24-25-26-28-30-32-34-36-42(46)41(40-51-52(48,49)50-39-38-45(3,4)5)44-43(47)37-35-33-31-29-27-19-17-15-13-11-9-7-2/h15,17,34,36,41-42,46H,6-14,16,18-33,35,37-40H2,1-5H3,(H-,44,47,48,49)/b17-15-,36-34+. The molecule has 308 valence electrons. The van der Waals surface area contributed by atoms with Gasteiger partial charge in [-0.15, -0.1) is 0 Å². The number of nitrogens with one attached hydrogen (secondary N) is 1. The molecule has 1 amide bonds. The van der Waals surface area contributed by atoms with E-state index in [9.17, 15) is 19.4 Å². The number of aliphatic hydroxyl groups is 1. The van der Waals surface area contributed by atoms with Crippen molar-refractivity contribution in [2.75, 3.05) is 40.9 Å². The van der Waals surface area contributed by atoms with Crippen molar-refractivity contribution in [2.45, 2.75) is 206 Å². The van der Waals surface area contributed by atoms with E-state index in [0.29, 0.717) is 17.4 Å². The fourth-order valence-corrected chi connectivity index (χ4v) is 6.87. The van der Waals surface area contributed by atoms with Gasteiger partial charge in [-0.2, -0.15) is 0 Å². The second kappa shape index (κ2) is 35.7. The minimum Gasteiger partial charge on any atom is -0.756 e. The van der Waals surface area contributed by atoms with Crippen molar-refractivity contribution in [2.24, 2.45) is 0 Å². The minimum atomic E-state index is -4.58. The van der Waals surface area contributed by atoms with Crippen molar-refractivity contribution in [1.29, 1.82) is 0 Å². The van der Waals surface area contributed by atoms with E-state index in [1.54, 1.807) is 6.08 Å². The quantitative estimate of drug-likeness (QED) is 0.0280. The number of phosphoric ester groups is 1. The molecule has 0 bridgehead atoms. The van der Waals surface area contributed by atoms with Crippen molar-refractivity contribution in [3.63, 3.8) is 0 Å². The number of carbonyl (C=O) groups is 1. The first-order valence-electron chi connectivity index (χ1n) is 21.7. The van der Waals surface area contributed by atoms with E-state index in [1.165, 1.54) is 122 Å². The first-order valence-corrected chi connectivity index (χ1v) is 23.2. The number of unbranched alkanes of at least 4 members (excludes halogenated alkanes) is 24. The van der Waals surface area contributed by atoms with Crippen LogP contribution in [0.1, 0.15) is 194 Å². The summed E-state index contributed by atoms with van der Waals surface area (Å²) in [6.07, 6.45) is 40.7. The van der Waals surface area contributed by atoms with Crippen LogP contribution in [0.15, 0.2) is 24.3 Å². The number of quaternary nitrogens is 1. The highest BCUT2D eigenvalue weighted by Crippen LogP contribution is 2.38. The zero-order chi connectivity index (χ0) is 38.6. The molecular formula is C43H85N2O6P. The minimum absolute atomic E-state index is 0.00167. The summed E-state index contributed by atoms with van der Waals surface area (Å²) in [6.45, 7) is 4.61. The predicted octanol–water partition coefficient (Wildman–Crippen LogP) is 11.1. The molecule has 8 nitrogen and oxygen atoms in total. The van der Waals surface area contributed by atoms with Crippen molar-refractivity contribution in [1.82, 2.24) is 5.32 Å². The monoisotopic (exact) mass is 757 g/mol. The van der Waals surface area contributed by atoms with Gasteiger partial charge in [0, 0.05) is 6.42 Å². The first-order chi connectivity index (χ1) is 25.0. The van der Waals surface area contributed by atoms with Crippen LogP contribution >= 0.6 is 7.82 Å². The normalized spacial score (nSPS) is 14.7. The number of carbonyl (C=O) groups excluding carboxylic acids is 1. The smallest absolute Gasteiger partial charge is 0.268 e. The molecule has 0 aromatic heterocycles. The highest BCUT2D eigenvalue weighted by molar-refractivity contribution is 7.45. The molecule has 0 aliphatic rings. The van der Waals surface area contributed by atoms with Crippen molar-refractivity contribution >= 4 is 13.7 Å². The summed E-state index contributed by atoms with van der Waals surface area (Å²) in [5.41, 5.74) is 0. The van der Waals surface area contributed by atoms with Gasteiger partial charge in [0.2, 0.25) is 5.91 Å². The van der Waals surface area contributed by atoms with Crippen LogP contribution in [0.4, 0.5) is 0 Å². The van der Waals surface area contributed by atoms with Crippen LogP contribution < -0.4 is 10.2 Å².